The van der Waals surface area contributed by atoms with E-state index in [1.54, 1.807) is 0 Å². The fraction of sp³-hybridized carbons (Fsp3) is 0. The first kappa shape index (κ1) is 21.0. The molecule has 0 unspecified atom stereocenters. The first-order valence-corrected chi connectivity index (χ1v) is 12.9. The molecule has 0 radical (unpaired) electrons. The van der Waals surface area contributed by atoms with Crippen molar-refractivity contribution < 1.29 is 0 Å². The number of anilines is 3. The molecular weight excluding hydrogens is 456 g/mol. The summed E-state index contributed by atoms with van der Waals surface area (Å²) in [7, 11) is 0. The van der Waals surface area contributed by atoms with Crippen LogP contribution in [0, 0.1) is 0 Å². The molecule has 0 atom stereocenters. The molecule has 1 aliphatic rings. The van der Waals surface area contributed by atoms with Crippen molar-refractivity contribution in [3.05, 3.63) is 133 Å². The molecule has 3 heteroatoms. The van der Waals surface area contributed by atoms with E-state index in [9.17, 15) is 0 Å². The number of hydrogen-bond acceptors (Lipinski definition) is 3. The van der Waals surface area contributed by atoms with Crippen molar-refractivity contribution in [1.82, 2.24) is 4.98 Å². The van der Waals surface area contributed by atoms with Crippen LogP contribution in [0.3, 0.4) is 0 Å². The highest BCUT2D eigenvalue weighted by Crippen LogP contribution is 2.52. The molecule has 0 fully saturated rings. The summed E-state index contributed by atoms with van der Waals surface area (Å²) in [6.45, 7) is 0. The van der Waals surface area contributed by atoms with E-state index in [0.29, 0.717) is 0 Å². The monoisotopic (exact) mass is 478 g/mol. The fourth-order valence-electron chi connectivity index (χ4n) is 4.88. The molecule has 6 aromatic rings. The van der Waals surface area contributed by atoms with Gasteiger partial charge in [-0.05, 0) is 59.7 Å². The van der Waals surface area contributed by atoms with Gasteiger partial charge in [0.1, 0.15) is 0 Å². The first-order chi connectivity index (χ1) is 17.8. The van der Waals surface area contributed by atoms with Gasteiger partial charge in [-0.1, -0.05) is 96.7 Å². The van der Waals surface area contributed by atoms with Crippen LogP contribution in [0.4, 0.5) is 17.1 Å². The summed E-state index contributed by atoms with van der Waals surface area (Å²) in [5, 5.41) is 1.16. The zero-order valence-corrected chi connectivity index (χ0v) is 20.3. The Morgan fingerprint density at radius 2 is 1.28 bits per heavy atom. The highest BCUT2D eigenvalue weighted by atomic mass is 32.2. The molecule has 36 heavy (non-hydrogen) atoms. The molecule has 2 heterocycles. The average molecular weight is 479 g/mol. The Kier molecular flexibility index (Phi) is 5.07. The molecule has 0 spiro atoms. The minimum Gasteiger partial charge on any atom is -0.308 e. The summed E-state index contributed by atoms with van der Waals surface area (Å²) in [6, 6.07) is 47.3. The third-order valence-electron chi connectivity index (χ3n) is 6.63. The summed E-state index contributed by atoms with van der Waals surface area (Å²) >= 11 is 1.84. The van der Waals surface area contributed by atoms with E-state index in [4.69, 9.17) is 4.98 Å². The van der Waals surface area contributed by atoms with Crippen LogP contribution in [-0.2, 0) is 0 Å². The fourth-order valence-corrected chi connectivity index (χ4v) is 5.97. The lowest BCUT2D eigenvalue weighted by Gasteiger charge is -2.33. The Bertz CT molecular complexity index is 1730. The van der Waals surface area contributed by atoms with Gasteiger partial charge in [-0.15, -0.1) is 0 Å². The molecule has 2 nitrogen and oxygen atoms in total. The van der Waals surface area contributed by atoms with Crippen molar-refractivity contribution >= 4 is 39.7 Å². The third-order valence-corrected chi connectivity index (χ3v) is 7.74. The quantitative estimate of drug-likeness (QED) is 0.251. The number of rotatable bonds is 3. The van der Waals surface area contributed by atoms with Crippen molar-refractivity contribution in [2.45, 2.75) is 9.79 Å². The summed E-state index contributed by atoms with van der Waals surface area (Å²) in [4.78, 5) is 9.83. The molecule has 0 aliphatic carbocycles. The van der Waals surface area contributed by atoms with E-state index in [2.05, 4.69) is 132 Å². The van der Waals surface area contributed by atoms with Gasteiger partial charge in [0.05, 0.1) is 22.6 Å². The minimum atomic E-state index is 0.981. The second-order valence-electron chi connectivity index (χ2n) is 8.89. The number of para-hydroxylation sites is 2. The molecule has 5 aromatic carbocycles. The highest BCUT2D eigenvalue weighted by molar-refractivity contribution is 7.99. The predicted octanol–water partition coefficient (Wildman–Crippen LogP) is 9.50. The van der Waals surface area contributed by atoms with Crippen LogP contribution < -0.4 is 4.90 Å². The van der Waals surface area contributed by atoms with E-state index in [1.165, 1.54) is 32.3 Å². The topological polar surface area (TPSA) is 16.1 Å². The number of pyridine rings is 1. The molecule has 7 rings (SSSR count). The molecule has 0 saturated carbocycles. The lowest BCUT2D eigenvalue weighted by molar-refractivity contribution is 1.17. The van der Waals surface area contributed by atoms with Gasteiger partial charge in [0.2, 0.25) is 0 Å². The summed E-state index contributed by atoms with van der Waals surface area (Å²) in [6.07, 6.45) is 0. The molecule has 0 N–H and O–H groups in total. The molecule has 0 bridgehead atoms. The predicted molar refractivity (Wildman–Crippen MR) is 151 cm³/mol. The average Bonchev–Trinajstić information content (AvgIpc) is 2.96. The molecule has 1 aliphatic heterocycles. The number of nitrogens with zero attached hydrogens (tertiary/aromatic N) is 2. The maximum absolute atomic E-state index is 4.94. The van der Waals surface area contributed by atoms with Gasteiger partial charge >= 0.3 is 0 Å². The van der Waals surface area contributed by atoms with Gasteiger partial charge in [0.15, 0.2) is 0 Å². The largest absolute Gasteiger partial charge is 0.308 e. The lowest BCUT2D eigenvalue weighted by Crippen LogP contribution is -2.14. The van der Waals surface area contributed by atoms with Gasteiger partial charge in [-0.3, -0.25) is 0 Å². The van der Waals surface area contributed by atoms with Crippen molar-refractivity contribution in [3.8, 4) is 22.4 Å². The number of fused-ring (bicyclic) bond motifs is 3. The van der Waals surface area contributed by atoms with Crippen LogP contribution >= 0.6 is 11.8 Å². The summed E-state index contributed by atoms with van der Waals surface area (Å²) in [5.41, 5.74) is 9.09. The smallest absolute Gasteiger partial charge is 0.0710 e. The van der Waals surface area contributed by atoms with Crippen molar-refractivity contribution in [2.24, 2.45) is 0 Å². The molecule has 0 amide bonds. The van der Waals surface area contributed by atoms with Crippen molar-refractivity contribution in [1.29, 1.82) is 0 Å². The summed E-state index contributed by atoms with van der Waals surface area (Å²) < 4.78 is 0. The van der Waals surface area contributed by atoms with Crippen molar-refractivity contribution in [2.75, 3.05) is 4.90 Å². The normalized spacial score (nSPS) is 12.3. The van der Waals surface area contributed by atoms with Gasteiger partial charge in [0.25, 0.3) is 0 Å². The van der Waals surface area contributed by atoms with Crippen LogP contribution in [0.2, 0.25) is 0 Å². The van der Waals surface area contributed by atoms with Crippen LogP contribution in [0.1, 0.15) is 0 Å². The minimum absolute atomic E-state index is 0.981. The van der Waals surface area contributed by atoms with Gasteiger partial charge in [-0.25, -0.2) is 4.98 Å². The number of aromatic nitrogens is 1. The zero-order valence-electron chi connectivity index (χ0n) is 19.5. The van der Waals surface area contributed by atoms with Gasteiger partial charge < -0.3 is 4.90 Å². The third kappa shape index (κ3) is 3.65. The Balaban J connectivity index is 1.36. The molecule has 170 valence electrons. The highest BCUT2D eigenvalue weighted by Gasteiger charge is 2.25. The molecule has 0 saturated heterocycles. The number of hydrogen-bond donors (Lipinski definition) is 0. The Morgan fingerprint density at radius 3 is 2.22 bits per heavy atom. The van der Waals surface area contributed by atoms with Crippen LogP contribution in [0.5, 0.6) is 0 Å². The lowest BCUT2D eigenvalue weighted by atomic mass is 10.0. The summed E-state index contributed by atoms with van der Waals surface area (Å²) in [5.74, 6) is 0. The first-order valence-electron chi connectivity index (χ1n) is 12.1. The van der Waals surface area contributed by atoms with E-state index in [0.717, 1.165) is 27.8 Å². The van der Waals surface area contributed by atoms with Crippen LogP contribution in [0.25, 0.3) is 33.3 Å². The van der Waals surface area contributed by atoms with Crippen LogP contribution in [0.15, 0.2) is 143 Å². The maximum atomic E-state index is 4.94. The van der Waals surface area contributed by atoms with Crippen LogP contribution in [-0.4, -0.2) is 4.98 Å². The zero-order chi connectivity index (χ0) is 23.9. The Labute approximate surface area is 214 Å². The molecule has 1 aromatic heterocycles. The second kappa shape index (κ2) is 8.71. The van der Waals surface area contributed by atoms with E-state index in [-0.39, 0.29) is 0 Å². The number of benzene rings is 5. The van der Waals surface area contributed by atoms with E-state index >= 15 is 0 Å². The Hall–Kier alpha value is -4.34. The maximum Gasteiger partial charge on any atom is 0.0710 e. The molecular formula is C33H22N2S. The second-order valence-corrected chi connectivity index (χ2v) is 9.98. The van der Waals surface area contributed by atoms with E-state index in [1.807, 2.05) is 17.8 Å². The van der Waals surface area contributed by atoms with Gasteiger partial charge in [0, 0.05) is 26.4 Å². The standard InChI is InChI=1S/C33H22N2S/c1-2-9-23(10-3-1)25-18-20-31-33(22-25)36-32-16-7-6-15-30(32)35(31)27-13-8-12-26(21-27)29-19-17-24-11-4-5-14-28(24)34-29/h1-22H. The van der Waals surface area contributed by atoms with Crippen molar-refractivity contribution in [3.63, 3.8) is 0 Å². The SMILES string of the molecule is c1ccc(-c2ccc3c(c2)Sc2ccccc2N3c2cccc(-c3ccc4ccccc4n3)c2)cc1. The Morgan fingerprint density at radius 1 is 0.500 bits per heavy atom. The van der Waals surface area contributed by atoms with E-state index < -0.39 is 0 Å². The van der Waals surface area contributed by atoms with Gasteiger partial charge in [-0.2, -0.15) is 0 Å².